The number of carbonyl (C=O) groups is 1. The van der Waals surface area contributed by atoms with Gasteiger partial charge in [-0.05, 0) is 43.9 Å². The highest BCUT2D eigenvalue weighted by atomic mass is 16.5. The van der Waals surface area contributed by atoms with Gasteiger partial charge in [0.1, 0.15) is 0 Å². The van der Waals surface area contributed by atoms with Gasteiger partial charge in [0.05, 0.1) is 12.5 Å². The second kappa shape index (κ2) is 22.0. The smallest absolute Gasteiger partial charge is 0.309 e. The molecule has 0 aromatic rings. The van der Waals surface area contributed by atoms with Crippen molar-refractivity contribution in [2.45, 2.75) is 168 Å². The summed E-state index contributed by atoms with van der Waals surface area (Å²) in [5.74, 6) is 1.75. The zero-order valence-corrected chi connectivity index (χ0v) is 23.0. The summed E-state index contributed by atoms with van der Waals surface area (Å²) in [6.07, 6.45) is 30.2. The van der Waals surface area contributed by atoms with Gasteiger partial charge >= 0.3 is 5.97 Å². The minimum Gasteiger partial charge on any atom is -0.465 e. The molecular formula is C31H60O2. The van der Waals surface area contributed by atoms with Crippen LogP contribution in [0, 0.1) is 17.8 Å². The molecule has 0 bridgehead atoms. The Labute approximate surface area is 208 Å². The van der Waals surface area contributed by atoms with Crippen molar-refractivity contribution in [3.63, 3.8) is 0 Å². The molecule has 33 heavy (non-hydrogen) atoms. The lowest BCUT2D eigenvalue weighted by atomic mass is 9.70. The zero-order chi connectivity index (χ0) is 24.0. The summed E-state index contributed by atoms with van der Waals surface area (Å²) < 4.78 is 5.81. The first-order valence-corrected chi connectivity index (χ1v) is 15.4. The van der Waals surface area contributed by atoms with Crippen LogP contribution in [0.4, 0.5) is 0 Å². The van der Waals surface area contributed by atoms with E-state index in [2.05, 4.69) is 20.8 Å². The summed E-state index contributed by atoms with van der Waals surface area (Å²) in [5.41, 5.74) is 0. The number of ether oxygens (including phenoxy) is 1. The van der Waals surface area contributed by atoms with Crippen molar-refractivity contribution in [2.75, 3.05) is 6.61 Å². The fraction of sp³-hybridized carbons (Fsp3) is 0.968. The lowest BCUT2D eigenvalue weighted by Crippen LogP contribution is -2.32. The van der Waals surface area contributed by atoms with Crippen LogP contribution in [0.15, 0.2) is 0 Å². The molecule has 0 radical (unpaired) electrons. The van der Waals surface area contributed by atoms with Gasteiger partial charge in [0.25, 0.3) is 0 Å². The van der Waals surface area contributed by atoms with E-state index >= 15 is 0 Å². The molecule has 3 atom stereocenters. The van der Waals surface area contributed by atoms with E-state index in [0.29, 0.717) is 12.5 Å². The molecule has 0 spiro atoms. The maximum atomic E-state index is 13.0. The van der Waals surface area contributed by atoms with Crippen molar-refractivity contribution in [2.24, 2.45) is 17.8 Å². The molecule has 0 amide bonds. The van der Waals surface area contributed by atoms with Crippen LogP contribution >= 0.6 is 0 Å². The van der Waals surface area contributed by atoms with Crippen LogP contribution in [0.5, 0.6) is 0 Å². The molecule has 1 rings (SSSR count). The van der Waals surface area contributed by atoms with Gasteiger partial charge in [0.2, 0.25) is 0 Å². The highest BCUT2D eigenvalue weighted by Crippen LogP contribution is 2.40. The van der Waals surface area contributed by atoms with E-state index in [9.17, 15) is 4.79 Å². The molecule has 1 fully saturated rings. The Morgan fingerprint density at radius 1 is 0.606 bits per heavy atom. The molecular weight excluding hydrogens is 404 g/mol. The largest absolute Gasteiger partial charge is 0.465 e. The van der Waals surface area contributed by atoms with Gasteiger partial charge in [0, 0.05) is 0 Å². The van der Waals surface area contributed by atoms with Crippen LogP contribution in [0.1, 0.15) is 168 Å². The van der Waals surface area contributed by atoms with E-state index in [4.69, 9.17) is 4.74 Å². The van der Waals surface area contributed by atoms with Crippen molar-refractivity contribution in [3.8, 4) is 0 Å². The van der Waals surface area contributed by atoms with Crippen molar-refractivity contribution in [3.05, 3.63) is 0 Å². The summed E-state index contributed by atoms with van der Waals surface area (Å²) in [4.78, 5) is 13.0. The summed E-state index contributed by atoms with van der Waals surface area (Å²) in [6.45, 7) is 7.48. The Kier molecular flexibility index (Phi) is 20.3. The monoisotopic (exact) mass is 464 g/mol. The standard InChI is InChI=1S/C31H60O2/c1-4-7-10-13-16-19-22-28-24-25-30(29(27-28)23-20-17-14-11-8-5-2)31(32)33-26-21-18-15-12-9-6-3/h28-30H,4-27H2,1-3H3. The van der Waals surface area contributed by atoms with E-state index in [0.717, 1.165) is 18.8 Å². The molecule has 1 saturated carbocycles. The third-order valence-electron chi connectivity index (χ3n) is 8.03. The molecule has 0 aromatic carbocycles. The summed E-state index contributed by atoms with van der Waals surface area (Å²) >= 11 is 0. The van der Waals surface area contributed by atoms with E-state index in [1.54, 1.807) is 0 Å². The van der Waals surface area contributed by atoms with Crippen LogP contribution in [-0.2, 0) is 9.53 Å². The normalized spacial score (nSPS) is 20.8. The predicted octanol–water partition coefficient (Wildman–Crippen LogP) is 10.4. The SMILES string of the molecule is CCCCCCCCOC(=O)C1CCC(CCCCCCCC)CC1CCCCCCCC. The van der Waals surface area contributed by atoms with Crippen molar-refractivity contribution < 1.29 is 9.53 Å². The lowest BCUT2D eigenvalue weighted by molar-refractivity contribution is -0.152. The molecule has 0 N–H and O–H groups in total. The average molecular weight is 465 g/mol. The van der Waals surface area contributed by atoms with Crippen LogP contribution in [0.25, 0.3) is 0 Å². The van der Waals surface area contributed by atoms with Gasteiger partial charge in [-0.1, -0.05) is 136 Å². The molecule has 0 aromatic heterocycles. The molecule has 1 aliphatic carbocycles. The van der Waals surface area contributed by atoms with Gasteiger partial charge in [-0.25, -0.2) is 0 Å². The first kappa shape index (κ1) is 30.5. The molecule has 196 valence electrons. The number of carbonyl (C=O) groups excluding carboxylic acids is 1. The Hall–Kier alpha value is -0.530. The quantitative estimate of drug-likeness (QED) is 0.118. The minimum atomic E-state index is 0.137. The summed E-state index contributed by atoms with van der Waals surface area (Å²) in [5, 5.41) is 0. The van der Waals surface area contributed by atoms with Crippen LogP contribution < -0.4 is 0 Å². The van der Waals surface area contributed by atoms with Crippen molar-refractivity contribution >= 4 is 5.97 Å². The van der Waals surface area contributed by atoms with Gasteiger partial charge in [0.15, 0.2) is 0 Å². The number of hydrogen-bond acceptors (Lipinski definition) is 2. The highest BCUT2D eigenvalue weighted by Gasteiger charge is 2.35. The fourth-order valence-corrected chi connectivity index (χ4v) is 5.82. The van der Waals surface area contributed by atoms with Gasteiger partial charge < -0.3 is 4.74 Å². The first-order chi connectivity index (χ1) is 16.2. The number of esters is 1. The number of rotatable bonds is 22. The van der Waals surface area contributed by atoms with Gasteiger partial charge in [-0.15, -0.1) is 0 Å². The Balaban J connectivity index is 2.38. The molecule has 2 nitrogen and oxygen atoms in total. The maximum absolute atomic E-state index is 13.0. The average Bonchev–Trinajstić information content (AvgIpc) is 2.83. The van der Waals surface area contributed by atoms with Crippen molar-refractivity contribution in [1.29, 1.82) is 0 Å². The summed E-state index contributed by atoms with van der Waals surface area (Å²) in [6, 6.07) is 0. The second-order valence-electron chi connectivity index (χ2n) is 11.1. The third-order valence-corrected chi connectivity index (χ3v) is 8.03. The molecule has 2 heteroatoms. The molecule has 3 unspecified atom stereocenters. The molecule has 0 aliphatic heterocycles. The van der Waals surface area contributed by atoms with Gasteiger partial charge in [-0.3, -0.25) is 4.79 Å². The Morgan fingerprint density at radius 3 is 1.67 bits per heavy atom. The number of unbranched alkanes of at least 4 members (excludes halogenated alkanes) is 15. The Bertz CT molecular complexity index is 433. The first-order valence-electron chi connectivity index (χ1n) is 15.4. The minimum absolute atomic E-state index is 0.137. The van der Waals surface area contributed by atoms with Crippen LogP contribution in [0.2, 0.25) is 0 Å². The topological polar surface area (TPSA) is 26.3 Å². The molecule has 1 aliphatic rings. The number of hydrogen-bond donors (Lipinski definition) is 0. The fourth-order valence-electron chi connectivity index (χ4n) is 5.82. The summed E-state index contributed by atoms with van der Waals surface area (Å²) in [7, 11) is 0. The highest BCUT2D eigenvalue weighted by molar-refractivity contribution is 5.72. The van der Waals surface area contributed by atoms with E-state index in [1.165, 1.54) is 135 Å². The Morgan fingerprint density at radius 2 is 1.09 bits per heavy atom. The van der Waals surface area contributed by atoms with E-state index in [1.807, 2.05) is 0 Å². The van der Waals surface area contributed by atoms with E-state index in [-0.39, 0.29) is 11.9 Å². The van der Waals surface area contributed by atoms with Crippen LogP contribution in [0.3, 0.4) is 0 Å². The lowest BCUT2D eigenvalue weighted by Gasteiger charge is -2.35. The molecule has 0 saturated heterocycles. The molecule has 0 heterocycles. The van der Waals surface area contributed by atoms with E-state index < -0.39 is 0 Å². The second-order valence-corrected chi connectivity index (χ2v) is 11.1. The van der Waals surface area contributed by atoms with Gasteiger partial charge in [-0.2, -0.15) is 0 Å². The third kappa shape index (κ3) is 15.9. The maximum Gasteiger partial charge on any atom is 0.309 e. The van der Waals surface area contributed by atoms with Crippen LogP contribution in [-0.4, -0.2) is 12.6 Å². The zero-order valence-electron chi connectivity index (χ0n) is 23.0. The predicted molar refractivity (Wildman–Crippen MR) is 145 cm³/mol. The van der Waals surface area contributed by atoms with Crippen molar-refractivity contribution in [1.82, 2.24) is 0 Å².